The van der Waals surface area contributed by atoms with Gasteiger partial charge in [-0.05, 0) is 23.8 Å². The zero-order chi connectivity index (χ0) is 14.5. The third-order valence-corrected chi connectivity index (χ3v) is 2.97. The number of pyridine rings is 2. The number of rotatable bonds is 4. The molecule has 0 bridgehead atoms. The quantitative estimate of drug-likeness (QED) is 0.789. The molecular formula is C15H12N6. The van der Waals surface area contributed by atoms with E-state index in [1.165, 1.54) is 0 Å². The van der Waals surface area contributed by atoms with Gasteiger partial charge in [-0.3, -0.25) is 4.57 Å². The number of nitrogens with zero attached hydrogens (tertiary/aromatic N) is 5. The topological polar surface area (TPSA) is 79.4 Å². The van der Waals surface area contributed by atoms with Gasteiger partial charge in [0.05, 0.1) is 5.56 Å². The Morgan fingerprint density at radius 1 is 1.19 bits per heavy atom. The molecule has 0 fully saturated rings. The smallest absolute Gasteiger partial charge is 0.144 e. The minimum atomic E-state index is 0.528. The Hall–Kier alpha value is -3.20. The van der Waals surface area contributed by atoms with Crippen LogP contribution in [0.25, 0.3) is 5.82 Å². The van der Waals surface area contributed by atoms with E-state index in [0.29, 0.717) is 17.9 Å². The molecule has 0 aliphatic rings. The maximum atomic E-state index is 9.01. The van der Waals surface area contributed by atoms with E-state index in [-0.39, 0.29) is 0 Å². The van der Waals surface area contributed by atoms with Crippen LogP contribution < -0.4 is 5.32 Å². The van der Waals surface area contributed by atoms with Crippen LogP contribution in [0.1, 0.15) is 11.1 Å². The van der Waals surface area contributed by atoms with Gasteiger partial charge in [-0.1, -0.05) is 6.07 Å². The van der Waals surface area contributed by atoms with Crippen molar-refractivity contribution in [3.05, 3.63) is 66.5 Å². The first-order valence-corrected chi connectivity index (χ1v) is 6.39. The maximum absolute atomic E-state index is 9.01. The number of hydrogen-bond donors (Lipinski definition) is 1. The lowest BCUT2D eigenvalue weighted by Gasteiger charge is -2.07. The first-order valence-electron chi connectivity index (χ1n) is 6.39. The molecule has 6 nitrogen and oxygen atoms in total. The summed E-state index contributed by atoms with van der Waals surface area (Å²) < 4.78 is 1.84. The predicted octanol–water partition coefficient (Wildman–Crippen LogP) is 2.15. The van der Waals surface area contributed by atoms with Crippen LogP contribution >= 0.6 is 0 Å². The second-order valence-corrected chi connectivity index (χ2v) is 4.36. The lowest BCUT2D eigenvalue weighted by atomic mass is 10.2. The Balaban J connectivity index is 1.70. The Morgan fingerprint density at radius 3 is 2.86 bits per heavy atom. The van der Waals surface area contributed by atoms with E-state index in [2.05, 4.69) is 26.3 Å². The summed E-state index contributed by atoms with van der Waals surface area (Å²) in [5.41, 5.74) is 1.54. The van der Waals surface area contributed by atoms with Gasteiger partial charge >= 0.3 is 0 Å². The van der Waals surface area contributed by atoms with Crippen molar-refractivity contribution >= 4 is 5.82 Å². The number of nitrogens with one attached hydrogen (secondary N) is 1. The van der Waals surface area contributed by atoms with Crippen molar-refractivity contribution in [3.8, 4) is 11.9 Å². The average Bonchev–Trinajstić information content (AvgIpc) is 3.08. The fraction of sp³-hybridized carbons (Fsp3) is 0.0667. The molecule has 0 radical (unpaired) electrons. The Morgan fingerprint density at radius 2 is 2.14 bits per heavy atom. The fourth-order valence-corrected chi connectivity index (χ4v) is 1.89. The number of imidazole rings is 1. The lowest BCUT2D eigenvalue weighted by Crippen LogP contribution is -2.04. The Kier molecular flexibility index (Phi) is 3.56. The predicted molar refractivity (Wildman–Crippen MR) is 77.6 cm³/mol. The van der Waals surface area contributed by atoms with Crippen molar-refractivity contribution in [2.45, 2.75) is 6.54 Å². The van der Waals surface area contributed by atoms with Crippen LogP contribution in [0.4, 0.5) is 5.82 Å². The number of anilines is 1. The fourth-order valence-electron chi connectivity index (χ4n) is 1.89. The van der Waals surface area contributed by atoms with Gasteiger partial charge in [0.1, 0.15) is 24.0 Å². The molecule has 0 unspecified atom stereocenters. The van der Waals surface area contributed by atoms with Crippen LogP contribution in [-0.2, 0) is 6.54 Å². The number of hydrogen-bond acceptors (Lipinski definition) is 5. The van der Waals surface area contributed by atoms with Crippen LogP contribution in [-0.4, -0.2) is 19.5 Å². The number of aromatic nitrogens is 4. The molecule has 0 aromatic carbocycles. The summed E-state index contributed by atoms with van der Waals surface area (Å²) in [7, 11) is 0. The zero-order valence-corrected chi connectivity index (χ0v) is 11.1. The second-order valence-electron chi connectivity index (χ2n) is 4.36. The maximum Gasteiger partial charge on any atom is 0.144 e. The molecule has 0 amide bonds. The summed E-state index contributed by atoms with van der Waals surface area (Å²) in [6, 6.07) is 9.48. The molecule has 3 aromatic rings. The van der Waals surface area contributed by atoms with Crippen molar-refractivity contribution < 1.29 is 0 Å². The van der Waals surface area contributed by atoms with Crippen molar-refractivity contribution in [1.82, 2.24) is 19.5 Å². The van der Waals surface area contributed by atoms with Crippen molar-refractivity contribution in [3.63, 3.8) is 0 Å². The molecule has 0 aliphatic carbocycles. The zero-order valence-electron chi connectivity index (χ0n) is 11.1. The van der Waals surface area contributed by atoms with Crippen LogP contribution in [0.15, 0.2) is 55.4 Å². The number of nitriles is 1. The normalized spacial score (nSPS) is 10.0. The van der Waals surface area contributed by atoms with Crippen LogP contribution in [0.3, 0.4) is 0 Å². The highest BCUT2D eigenvalue weighted by Gasteiger charge is 2.02. The molecule has 0 atom stereocenters. The van der Waals surface area contributed by atoms with E-state index in [1.807, 2.05) is 22.9 Å². The second kappa shape index (κ2) is 5.84. The summed E-state index contributed by atoms with van der Waals surface area (Å²) in [6.45, 7) is 0.558. The van der Waals surface area contributed by atoms with Crippen LogP contribution in [0.5, 0.6) is 0 Å². The van der Waals surface area contributed by atoms with E-state index in [4.69, 9.17) is 5.26 Å². The van der Waals surface area contributed by atoms with Crippen LogP contribution in [0, 0.1) is 11.3 Å². The SMILES string of the molecule is N#Cc1cccnc1NCc1ccc(-n2ccnc2)nc1. The Labute approximate surface area is 121 Å². The van der Waals surface area contributed by atoms with E-state index in [1.54, 1.807) is 37.1 Å². The van der Waals surface area contributed by atoms with Crippen molar-refractivity contribution in [1.29, 1.82) is 5.26 Å². The minimum Gasteiger partial charge on any atom is -0.365 e. The monoisotopic (exact) mass is 276 g/mol. The van der Waals surface area contributed by atoms with Gasteiger partial charge < -0.3 is 5.32 Å². The molecule has 3 rings (SSSR count). The van der Waals surface area contributed by atoms with E-state index in [9.17, 15) is 0 Å². The molecule has 6 heteroatoms. The highest BCUT2D eigenvalue weighted by Crippen LogP contribution is 2.12. The average molecular weight is 276 g/mol. The standard InChI is InChI=1S/C15H12N6/c16-8-13-2-1-5-18-15(13)20-10-12-3-4-14(19-9-12)21-7-6-17-11-21/h1-7,9,11H,10H2,(H,18,20). The molecule has 0 aliphatic heterocycles. The van der Waals surface area contributed by atoms with Gasteiger partial charge in [-0.2, -0.15) is 5.26 Å². The first-order chi connectivity index (χ1) is 10.4. The lowest BCUT2D eigenvalue weighted by molar-refractivity contribution is 0.977. The molecule has 3 aromatic heterocycles. The van der Waals surface area contributed by atoms with Crippen LogP contribution in [0.2, 0.25) is 0 Å². The highest BCUT2D eigenvalue weighted by molar-refractivity contribution is 5.51. The van der Waals surface area contributed by atoms with Crippen molar-refractivity contribution in [2.24, 2.45) is 0 Å². The summed E-state index contributed by atoms with van der Waals surface area (Å²) in [5.74, 6) is 1.39. The van der Waals surface area contributed by atoms with Gasteiger partial charge in [0.2, 0.25) is 0 Å². The molecule has 0 saturated carbocycles. The molecule has 0 saturated heterocycles. The summed E-state index contributed by atoms with van der Waals surface area (Å²) >= 11 is 0. The highest BCUT2D eigenvalue weighted by atomic mass is 15.1. The summed E-state index contributed by atoms with van der Waals surface area (Å²) in [4.78, 5) is 12.5. The third-order valence-electron chi connectivity index (χ3n) is 2.97. The molecular weight excluding hydrogens is 264 g/mol. The van der Waals surface area contributed by atoms with Gasteiger partial charge in [-0.25, -0.2) is 15.0 Å². The van der Waals surface area contributed by atoms with Crippen molar-refractivity contribution in [2.75, 3.05) is 5.32 Å². The van der Waals surface area contributed by atoms with E-state index in [0.717, 1.165) is 11.4 Å². The molecule has 21 heavy (non-hydrogen) atoms. The molecule has 0 spiro atoms. The van der Waals surface area contributed by atoms with Gasteiger partial charge in [-0.15, -0.1) is 0 Å². The van der Waals surface area contributed by atoms with Gasteiger partial charge in [0.25, 0.3) is 0 Å². The third kappa shape index (κ3) is 2.87. The van der Waals surface area contributed by atoms with E-state index >= 15 is 0 Å². The Bertz CT molecular complexity index is 756. The first kappa shape index (κ1) is 12.8. The molecule has 102 valence electrons. The van der Waals surface area contributed by atoms with Gasteiger partial charge in [0.15, 0.2) is 0 Å². The summed E-state index contributed by atoms with van der Waals surface area (Å²) in [6.07, 6.45) is 8.70. The summed E-state index contributed by atoms with van der Waals surface area (Å²) in [5, 5.41) is 12.1. The minimum absolute atomic E-state index is 0.528. The molecule has 1 N–H and O–H groups in total. The van der Waals surface area contributed by atoms with Gasteiger partial charge in [0, 0.05) is 31.3 Å². The van der Waals surface area contributed by atoms with E-state index < -0.39 is 0 Å². The largest absolute Gasteiger partial charge is 0.365 e. The molecule has 3 heterocycles.